The predicted octanol–water partition coefficient (Wildman–Crippen LogP) is 4.39. The summed E-state index contributed by atoms with van der Waals surface area (Å²) in [6.45, 7) is 8.99. The second-order valence-corrected chi connectivity index (χ2v) is 7.07. The zero-order valence-corrected chi connectivity index (χ0v) is 14.1. The lowest BCUT2D eigenvalue weighted by Crippen LogP contribution is -2.49. The van der Waals surface area contributed by atoms with Gasteiger partial charge in [-0.25, -0.2) is 0 Å². The van der Waals surface area contributed by atoms with Gasteiger partial charge in [-0.15, -0.1) is 0 Å². The van der Waals surface area contributed by atoms with Crippen molar-refractivity contribution in [2.24, 2.45) is 11.8 Å². The number of benzene rings is 1. The molecule has 0 saturated heterocycles. The molecule has 0 unspecified atom stereocenters. The average molecular weight is 289 g/mol. The molecule has 21 heavy (non-hydrogen) atoms. The summed E-state index contributed by atoms with van der Waals surface area (Å²) in [5.74, 6) is 2.64. The summed E-state index contributed by atoms with van der Waals surface area (Å²) in [4.78, 5) is 0. The monoisotopic (exact) mass is 289 g/mol. The van der Waals surface area contributed by atoms with E-state index in [-0.39, 0.29) is 5.41 Å². The summed E-state index contributed by atoms with van der Waals surface area (Å²) in [5, 5.41) is 3.68. The highest BCUT2D eigenvalue weighted by atomic mass is 16.5. The van der Waals surface area contributed by atoms with Crippen LogP contribution in [0.5, 0.6) is 5.75 Å². The van der Waals surface area contributed by atoms with E-state index in [4.69, 9.17) is 4.74 Å². The first kappa shape index (κ1) is 16.4. The molecule has 0 heterocycles. The Kier molecular flexibility index (Phi) is 5.69. The fourth-order valence-corrected chi connectivity index (χ4v) is 3.80. The molecule has 1 aliphatic rings. The van der Waals surface area contributed by atoms with Gasteiger partial charge in [0.15, 0.2) is 0 Å². The van der Waals surface area contributed by atoms with E-state index in [1.165, 1.54) is 31.2 Å². The van der Waals surface area contributed by atoms with Crippen molar-refractivity contribution < 1.29 is 4.74 Å². The van der Waals surface area contributed by atoms with Gasteiger partial charge in [0.05, 0.1) is 7.11 Å². The maximum Gasteiger partial charge on any atom is 0.122 e. The summed E-state index contributed by atoms with van der Waals surface area (Å²) in [7, 11) is 1.79. The van der Waals surface area contributed by atoms with Crippen LogP contribution in [0.15, 0.2) is 24.3 Å². The van der Waals surface area contributed by atoms with Crippen molar-refractivity contribution in [2.45, 2.75) is 51.9 Å². The van der Waals surface area contributed by atoms with Crippen molar-refractivity contribution in [1.82, 2.24) is 5.32 Å². The molecule has 1 aromatic rings. The molecular weight excluding hydrogens is 258 g/mol. The third-order valence-corrected chi connectivity index (χ3v) is 4.75. The lowest BCUT2D eigenvalue weighted by atomic mass is 9.57. The summed E-state index contributed by atoms with van der Waals surface area (Å²) in [6.07, 6.45) is 5.26. The van der Waals surface area contributed by atoms with Crippen LogP contribution in [-0.2, 0) is 5.41 Å². The number of para-hydroxylation sites is 1. The van der Waals surface area contributed by atoms with Crippen LogP contribution >= 0.6 is 0 Å². The Hall–Kier alpha value is -1.02. The Labute approximate surface area is 130 Å². The summed E-state index contributed by atoms with van der Waals surface area (Å²) >= 11 is 0. The zero-order valence-electron chi connectivity index (χ0n) is 14.1. The van der Waals surface area contributed by atoms with Crippen molar-refractivity contribution in [3.8, 4) is 5.75 Å². The van der Waals surface area contributed by atoms with Crippen LogP contribution in [-0.4, -0.2) is 20.2 Å². The molecule has 0 atom stereocenters. The molecule has 2 nitrogen and oxygen atoms in total. The number of ether oxygens (including phenoxy) is 1. The maximum absolute atomic E-state index is 5.62. The first-order valence-electron chi connectivity index (χ1n) is 8.45. The molecule has 1 N–H and O–H groups in total. The lowest BCUT2D eigenvalue weighted by molar-refractivity contribution is 0.124. The SMILES string of the molecule is CCCC1CC(CNCC(C)C)(c2ccccc2OC)C1. The van der Waals surface area contributed by atoms with Crippen LogP contribution in [0.25, 0.3) is 0 Å². The van der Waals surface area contributed by atoms with Gasteiger partial charge in [0, 0.05) is 17.5 Å². The molecule has 1 saturated carbocycles. The topological polar surface area (TPSA) is 21.3 Å². The highest BCUT2D eigenvalue weighted by molar-refractivity contribution is 5.42. The molecule has 1 fully saturated rings. The fourth-order valence-electron chi connectivity index (χ4n) is 3.80. The van der Waals surface area contributed by atoms with E-state index in [0.29, 0.717) is 5.92 Å². The van der Waals surface area contributed by atoms with Crippen molar-refractivity contribution in [3.05, 3.63) is 29.8 Å². The van der Waals surface area contributed by atoms with Gasteiger partial charge in [0.1, 0.15) is 5.75 Å². The molecule has 0 radical (unpaired) electrons. The number of hydrogen-bond donors (Lipinski definition) is 1. The van der Waals surface area contributed by atoms with Crippen LogP contribution in [0.3, 0.4) is 0 Å². The van der Waals surface area contributed by atoms with Crippen LogP contribution in [0.4, 0.5) is 0 Å². The number of hydrogen-bond acceptors (Lipinski definition) is 2. The van der Waals surface area contributed by atoms with Crippen molar-refractivity contribution in [3.63, 3.8) is 0 Å². The summed E-state index contributed by atoms with van der Waals surface area (Å²) in [5.41, 5.74) is 1.68. The molecule has 1 aliphatic carbocycles. The summed E-state index contributed by atoms with van der Waals surface area (Å²) < 4.78 is 5.62. The second-order valence-electron chi connectivity index (χ2n) is 7.07. The number of nitrogens with one attached hydrogen (secondary N) is 1. The van der Waals surface area contributed by atoms with Gasteiger partial charge < -0.3 is 10.1 Å². The van der Waals surface area contributed by atoms with Gasteiger partial charge >= 0.3 is 0 Å². The first-order chi connectivity index (χ1) is 10.1. The largest absolute Gasteiger partial charge is 0.496 e. The van der Waals surface area contributed by atoms with Crippen molar-refractivity contribution >= 4 is 0 Å². The van der Waals surface area contributed by atoms with E-state index in [9.17, 15) is 0 Å². The van der Waals surface area contributed by atoms with Crippen LogP contribution in [0.2, 0.25) is 0 Å². The van der Waals surface area contributed by atoms with Gasteiger partial charge in [-0.3, -0.25) is 0 Å². The van der Waals surface area contributed by atoms with Gasteiger partial charge in [-0.05, 0) is 37.3 Å². The smallest absolute Gasteiger partial charge is 0.122 e. The second kappa shape index (κ2) is 7.31. The minimum atomic E-state index is 0.279. The van der Waals surface area contributed by atoms with E-state index in [1.807, 2.05) is 0 Å². The third kappa shape index (κ3) is 3.79. The average Bonchev–Trinajstić information content (AvgIpc) is 2.44. The minimum Gasteiger partial charge on any atom is -0.496 e. The molecule has 0 aromatic heterocycles. The van der Waals surface area contributed by atoms with E-state index < -0.39 is 0 Å². The Bertz CT molecular complexity index is 435. The number of rotatable bonds is 8. The van der Waals surface area contributed by atoms with Crippen molar-refractivity contribution in [2.75, 3.05) is 20.2 Å². The Morgan fingerprint density at radius 2 is 2.00 bits per heavy atom. The minimum absolute atomic E-state index is 0.279. The first-order valence-corrected chi connectivity index (χ1v) is 8.45. The Morgan fingerprint density at radius 1 is 1.29 bits per heavy atom. The van der Waals surface area contributed by atoms with E-state index >= 15 is 0 Å². The Morgan fingerprint density at radius 3 is 2.62 bits per heavy atom. The molecular formula is C19H31NO. The van der Waals surface area contributed by atoms with Gasteiger partial charge in [-0.2, -0.15) is 0 Å². The molecule has 0 aliphatic heterocycles. The quantitative estimate of drug-likeness (QED) is 0.766. The standard InChI is InChI=1S/C19H31NO/c1-5-8-16-11-19(12-16,14-20-13-15(2)3)17-9-6-7-10-18(17)21-4/h6-7,9-10,15-16,20H,5,8,11-14H2,1-4H3. The van der Waals surface area contributed by atoms with Gasteiger partial charge in [0.2, 0.25) is 0 Å². The van der Waals surface area contributed by atoms with Gasteiger partial charge in [0.25, 0.3) is 0 Å². The molecule has 2 heteroatoms. The Balaban J connectivity index is 2.13. The molecule has 0 amide bonds. The van der Waals surface area contributed by atoms with Gasteiger partial charge in [-0.1, -0.05) is 51.8 Å². The molecule has 118 valence electrons. The molecule has 1 aromatic carbocycles. The van der Waals surface area contributed by atoms with Crippen LogP contribution < -0.4 is 10.1 Å². The molecule has 0 bridgehead atoms. The molecule has 0 spiro atoms. The normalized spacial score (nSPS) is 24.9. The fraction of sp³-hybridized carbons (Fsp3) is 0.684. The highest BCUT2D eigenvalue weighted by Crippen LogP contribution is 2.51. The van der Waals surface area contributed by atoms with Crippen LogP contribution in [0, 0.1) is 11.8 Å². The van der Waals surface area contributed by atoms with E-state index in [1.54, 1.807) is 7.11 Å². The zero-order chi connectivity index (χ0) is 15.3. The highest BCUT2D eigenvalue weighted by Gasteiger charge is 2.45. The molecule has 2 rings (SSSR count). The lowest BCUT2D eigenvalue weighted by Gasteiger charge is -2.49. The van der Waals surface area contributed by atoms with E-state index in [0.717, 1.165) is 24.8 Å². The van der Waals surface area contributed by atoms with E-state index in [2.05, 4.69) is 50.4 Å². The number of methoxy groups -OCH3 is 1. The van der Waals surface area contributed by atoms with Crippen LogP contribution in [0.1, 0.15) is 52.0 Å². The third-order valence-electron chi connectivity index (χ3n) is 4.75. The maximum atomic E-state index is 5.62. The predicted molar refractivity (Wildman–Crippen MR) is 90.0 cm³/mol. The summed E-state index contributed by atoms with van der Waals surface area (Å²) in [6, 6.07) is 8.58. The van der Waals surface area contributed by atoms with Crippen molar-refractivity contribution in [1.29, 1.82) is 0 Å².